The van der Waals surface area contributed by atoms with Crippen LogP contribution in [0.25, 0.3) is 0 Å². The van der Waals surface area contributed by atoms with Gasteiger partial charge in [-0.3, -0.25) is 0 Å². The van der Waals surface area contributed by atoms with Crippen molar-refractivity contribution in [2.24, 2.45) is 5.92 Å². The van der Waals surface area contributed by atoms with E-state index in [4.69, 9.17) is 4.74 Å². The Labute approximate surface area is 119 Å². The third-order valence-electron chi connectivity index (χ3n) is 4.38. The molecule has 0 aromatic rings. The van der Waals surface area contributed by atoms with Gasteiger partial charge in [0.05, 0.1) is 12.7 Å². The molecule has 1 aliphatic carbocycles. The summed E-state index contributed by atoms with van der Waals surface area (Å²) >= 11 is 0. The summed E-state index contributed by atoms with van der Waals surface area (Å²) in [6, 6.07) is 0.424. The SMILES string of the molecule is CCCC(C)OCCC1CCCC1(CO)NC(C)C. The molecule has 0 radical (unpaired) electrons. The number of hydrogen-bond donors (Lipinski definition) is 2. The van der Waals surface area contributed by atoms with Crippen molar-refractivity contribution in [1.82, 2.24) is 5.32 Å². The van der Waals surface area contributed by atoms with E-state index in [-0.39, 0.29) is 12.1 Å². The molecule has 0 saturated heterocycles. The van der Waals surface area contributed by atoms with Gasteiger partial charge in [-0.25, -0.2) is 0 Å². The monoisotopic (exact) mass is 271 g/mol. The number of ether oxygens (including phenoxy) is 1. The Morgan fingerprint density at radius 3 is 2.68 bits per heavy atom. The van der Waals surface area contributed by atoms with Gasteiger partial charge in [0.15, 0.2) is 0 Å². The maximum atomic E-state index is 9.83. The van der Waals surface area contributed by atoms with Crippen LogP contribution in [0.5, 0.6) is 0 Å². The first-order valence-electron chi connectivity index (χ1n) is 8.04. The number of hydrogen-bond acceptors (Lipinski definition) is 3. The maximum absolute atomic E-state index is 9.83. The smallest absolute Gasteiger partial charge is 0.0616 e. The summed E-state index contributed by atoms with van der Waals surface area (Å²) in [7, 11) is 0. The number of aliphatic hydroxyl groups is 1. The molecular formula is C16H33NO2. The molecule has 1 fully saturated rings. The van der Waals surface area contributed by atoms with E-state index in [1.54, 1.807) is 0 Å². The highest BCUT2D eigenvalue weighted by Crippen LogP contribution is 2.38. The van der Waals surface area contributed by atoms with E-state index in [9.17, 15) is 5.11 Å². The van der Waals surface area contributed by atoms with Crippen molar-refractivity contribution in [1.29, 1.82) is 0 Å². The molecule has 3 unspecified atom stereocenters. The van der Waals surface area contributed by atoms with Crippen molar-refractivity contribution < 1.29 is 9.84 Å². The summed E-state index contributed by atoms with van der Waals surface area (Å²) in [5.41, 5.74) is -0.0640. The summed E-state index contributed by atoms with van der Waals surface area (Å²) in [6.45, 7) is 9.75. The van der Waals surface area contributed by atoms with Crippen LogP contribution in [0, 0.1) is 5.92 Å². The molecule has 19 heavy (non-hydrogen) atoms. The highest BCUT2D eigenvalue weighted by atomic mass is 16.5. The van der Waals surface area contributed by atoms with Crippen molar-refractivity contribution in [3.8, 4) is 0 Å². The lowest BCUT2D eigenvalue weighted by atomic mass is 9.85. The Morgan fingerprint density at radius 1 is 1.37 bits per heavy atom. The Kier molecular flexibility index (Phi) is 7.33. The van der Waals surface area contributed by atoms with Gasteiger partial charge in [-0.15, -0.1) is 0 Å². The molecule has 0 amide bonds. The van der Waals surface area contributed by atoms with Crippen molar-refractivity contribution in [3.05, 3.63) is 0 Å². The summed E-state index contributed by atoms with van der Waals surface area (Å²) in [5, 5.41) is 13.4. The van der Waals surface area contributed by atoms with E-state index in [1.807, 2.05) is 0 Å². The second kappa shape index (κ2) is 8.23. The zero-order valence-electron chi connectivity index (χ0n) is 13.2. The van der Waals surface area contributed by atoms with Crippen molar-refractivity contribution in [2.45, 2.75) is 83.9 Å². The molecule has 0 heterocycles. The van der Waals surface area contributed by atoms with Gasteiger partial charge in [-0.1, -0.05) is 33.6 Å². The van der Waals surface area contributed by atoms with Crippen molar-refractivity contribution in [3.63, 3.8) is 0 Å². The minimum atomic E-state index is -0.0640. The van der Waals surface area contributed by atoms with Gasteiger partial charge in [0.25, 0.3) is 0 Å². The predicted octanol–water partition coefficient (Wildman–Crippen LogP) is 3.11. The van der Waals surface area contributed by atoms with Crippen molar-refractivity contribution >= 4 is 0 Å². The fourth-order valence-corrected chi connectivity index (χ4v) is 3.49. The number of rotatable bonds is 9. The zero-order valence-corrected chi connectivity index (χ0v) is 13.2. The molecule has 1 aliphatic rings. The molecular weight excluding hydrogens is 238 g/mol. The minimum Gasteiger partial charge on any atom is -0.394 e. The molecule has 1 rings (SSSR count). The number of nitrogens with one attached hydrogen (secondary N) is 1. The van der Waals surface area contributed by atoms with E-state index in [0.29, 0.717) is 18.1 Å². The van der Waals surface area contributed by atoms with Crippen LogP contribution in [-0.2, 0) is 4.74 Å². The third kappa shape index (κ3) is 5.05. The minimum absolute atomic E-state index is 0.0640. The first kappa shape index (κ1) is 16.9. The highest BCUT2D eigenvalue weighted by molar-refractivity contribution is 4.99. The maximum Gasteiger partial charge on any atom is 0.0616 e. The molecule has 0 bridgehead atoms. The highest BCUT2D eigenvalue weighted by Gasteiger charge is 2.42. The fraction of sp³-hybridized carbons (Fsp3) is 1.00. The van der Waals surface area contributed by atoms with Crippen LogP contribution < -0.4 is 5.32 Å². The Hall–Kier alpha value is -0.120. The van der Waals surface area contributed by atoms with E-state index >= 15 is 0 Å². The normalized spacial score (nSPS) is 29.1. The molecule has 114 valence electrons. The lowest BCUT2D eigenvalue weighted by Crippen LogP contribution is -2.54. The Balaban J connectivity index is 2.42. The molecule has 2 N–H and O–H groups in total. The average Bonchev–Trinajstić information content (AvgIpc) is 2.72. The van der Waals surface area contributed by atoms with Gasteiger partial charge in [-0.05, 0) is 38.5 Å². The quantitative estimate of drug-likeness (QED) is 0.677. The first-order chi connectivity index (χ1) is 9.04. The second-order valence-corrected chi connectivity index (χ2v) is 6.46. The average molecular weight is 271 g/mol. The van der Waals surface area contributed by atoms with Crippen LogP contribution in [0.2, 0.25) is 0 Å². The predicted molar refractivity (Wildman–Crippen MR) is 80.4 cm³/mol. The van der Waals surface area contributed by atoms with Crippen LogP contribution in [0.3, 0.4) is 0 Å². The van der Waals surface area contributed by atoms with Gasteiger partial charge >= 0.3 is 0 Å². The molecule has 0 aromatic heterocycles. The molecule has 0 aromatic carbocycles. The van der Waals surface area contributed by atoms with Crippen LogP contribution >= 0.6 is 0 Å². The van der Waals surface area contributed by atoms with E-state index in [0.717, 1.165) is 25.9 Å². The van der Waals surface area contributed by atoms with Gasteiger partial charge in [-0.2, -0.15) is 0 Å². The van der Waals surface area contributed by atoms with Gasteiger partial charge in [0.1, 0.15) is 0 Å². The molecule has 3 atom stereocenters. The van der Waals surface area contributed by atoms with Gasteiger partial charge in [0.2, 0.25) is 0 Å². The van der Waals surface area contributed by atoms with E-state index in [2.05, 4.69) is 33.0 Å². The molecule has 0 aliphatic heterocycles. The third-order valence-corrected chi connectivity index (χ3v) is 4.38. The fourth-order valence-electron chi connectivity index (χ4n) is 3.49. The standard InChI is InChI=1S/C16H33NO2/c1-5-7-14(4)19-11-9-15-8-6-10-16(15,12-18)17-13(2)3/h13-15,17-18H,5-12H2,1-4H3. The topological polar surface area (TPSA) is 41.5 Å². The van der Waals surface area contributed by atoms with Crippen LogP contribution in [0.15, 0.2) is 0 Å². The summed E-state index contributed by atoms with van der Waals surface area (Å²) in [5.74, 6) is 0.550. The summed E-state index contributed by atoms with van der Waals surface area (Å²) in [4.78, 5) is 0. The zero-order chi connectivity index (χ0) is 14.3. The Bertz CT molecular complexity index is 245. The Morgan fingerprint density at radius 2 is 2.11 bits per heavy atom. The lowest BCUT2D eigenvalue weighted by molar-refractivity contribution is 0.0343. The van der Waals surface area contributed by atoms with E-state index in [1.165, 1.54) is 19.3 Å². The molecule has 1 saturated carbocycles. The van der Waals surface area contributed by atoms with Crippen LogP contribution in [0.1, 0.15) is 66.2 Å². The molecule has 0 spiro atoms. The molecule has 3 heteroatoms. The summed E-state index contributed by atoms with van der Waals surface area (Å²) in [6.07, 6.45) is 7.28. The van der Waals surface area contributed by atoms with Crippen LogP contribution in [0.4, 0.5) is 0 Å². The van der Waals surface area contributed by atoms with Crippen molar-refractivity contribution in [2.75, 3.05) is 13.2 Å². The first-order valence-corrected chi connectivity index (χ1v) is 8.04. The van der Waals surface area contributed by atoms with Gasteiger partial charge < -0.3 is 15.2 Å². The summed E-state index contributed by atoms with van der Waals surface area (Å²) < 4.78 is 5.88. The number of aliphatic hydroxyl groups excluding tert-OH is 1. The lowest BCUT2D eigenvalue weighted by Gasteiger charge is -2.37. The molecule has 3 nitrogen and oxygen atoms in total. The van der Waals surface area contributed by atoms with Crippen LogP contribution in [-0.4, -0.2) is 36.0 Å². The second-order valence-electron chi connectivity index (χ2n) is 6.46. The van der Waals surface area contributed by atoms with Gasteiger partial charge in [0, 0.05) is 18.2 Å². The van der Waals surface area contributed by atoms with E-state index < -0.39 is 0 Å². The largest absolute Gasteiger partial charge is 0.394 e.